The Morgan fingerprint density at radius 1 is 1.19 bits per heavy atom. The molecule has 0 bridgehead atoms. The number of anilines is 2. The van der Waals surface area contributed by atoms with Crippen LogP contribution in [0.1, 0.15) is 30.7 Å². The molecule has 5 rings (SSSR count). The second-order valence-electron chi connectivity index (χ2n) is 9.12. The number of nitrogens with zero attached hydrogens (tertiary/aromatic N) is 4. The predicted octanol–water partition coefficient (Wildman–Crippen LogP) is 5.14. The third-order valence-electron chi connectivity index (χ3n) is 6.65. The molecular weight excluding hydrogens is 596 g/mol. The van der Waals surface area contributed by atoms with Crippen molar-refractivity contribution < 1.29 is 31.9 Å². The van der Waals surface area contributed by atoms with Crippen molar-refractivity contribution in [3.05, 3.63) is 81.8 Å². The monoisotopic (exact) mass is 616 g/mol. The number of rotatable bonds is 7. The molecule has 1 aromatic heterocycles. The van der Waals surface area contributed by atoms with Crippen LogP contribution in [0.2, 0.25) is 0 Å². The lowest BCUT2D eigenvalue weighted by Gasteiger charge is -2.38. The lowest BCUT2D eigenvalue weighted by molar-refractivity contribution is -0.116. The number of nitriles is 1. The van der Waals surface area contributed by atoms with Crippen molar-refractivity contribution in [2.45, 2.75) is 29.5 Å². The van der Waals surface area contributed by atoms with Gasteiger partial charge in [0, 0.05) is 23.8 Å². The van der Waals surface area contributed by atoms with Gasteiger partial charge < -0.3 is 15.8 Å². The maximum absolute atomic E-state index is 13.9. The Morgan fingerprint density at radius 3 is 2.52 bits per heavy atom. The van der Waals surface area contributed by atoms with Gasteiger partial charge in [0.05, 0.1) is 30.4 Å². The van der Waals surface area contributed by atoms with E-state index in [1.807, 2.05) is 5.32 Å². The van der Waals surface area contributed by atoms with Crippen molar-refractivity contribution in [2.24, 2.45) is 5.73 Å². The molecule has 1 unspecified atom stereocenters. The van der Waals surface area contributed by atoms with Crippen molar-refractivity contribution in [1.29, 1.82) is 5.26 Å². The minimum Gasteiger partial charge on any atom is -0.497 e. The summed E-state index contributed by atoms with van der Waals surface area (Å²) in [7, 11) is 1.53. The highest BCUT2D eigenvalue weighted by Crippen LogP contribution is 2.47. The number of benzene rings is 2. The second-order valence-corrected chi connectivity index (χ2v) is 11.3. The molecule has 1 atom stereocenters. The van der Waals surface area contributed by atoms with Crippen LogP contribution in [0.4, 0.5) is 28.4 Å². The van der Waals surface area contributed by atoms with Crippen LogP contribution in [0.3, 0.4) is 0 Å². The van der Waals surface area contributed by atoms with Crippen LogP contribution >= 0.6 is 23.1 Å². The Morgan fingerprint density at radius 2 is 1.88 bits per heavy atom. The largest absolute Gasteiger partial charge is 0.497 e. The summed E-state index contributed by atoms with van der Waals surface area (Å²) in [5.74, 6) is -8.25. The molecule has 2 aromatic carbocycles. The second kappa shape index (κ2) is 11.8. The number of ether oxygens (including phenoxy) is 1. The van der Waals surface area contributed by atoms with E-state index in [4.69, 9.17) is 10.5 Å². The Kier molecular flexibility index (Phi) is 8.19. The van der Waals surface area contributed by atoms with Crippen LogP contribution < -0.4 is 20.7 Å². The lowest BCUT2D eigenvalue weighted by Crippen LogP contribution is -2.38. The Labute approximate surface area is 244 Å². The normalized spacial score (nSPS) is 16.8. The molecule has 1 amide bonds. The third-order valence-corrected chi connectivity index (χ3v) is 8.69. The molecule has 0 radical (unpaired) electrons. The summed E-state index contributed by atoms with van der Waals surface area (Å²) in [5, 5.41) is 20.4. The maximum Gasteiger partial charge on any atom is 0.234 e. The van der Waals surface area contributed by atoms with Crippen LogP contribution in [0.5, 0.6) is 5.75 Å². The molecule has 15 heteroatoms. The molecular formula is C27H20F4N6O3S2. The summed E-state index contributed by atoms with van der Waals surface area (Å²) in [6.07, 6.45) is 1.35. The van der Waals surface area contributed by atoms with Crippen LogP contribution in [0.15, 0.2) is 57.3 Å². The number of nitrogens with one attached hydrogen (secondary N) is 1. The van der Waals surface area contributed by atoms with Gasteiger partial charge in [-0.3, -0.25) is 14.5 Å². The van der Waals surface area contributed by atoms with Gasteiger partial charge >= 0.3 is 0 Å². The van der Waals surface area contributed by atoms with Crippen molar-refractivity contribution in [3.63, 3.8) is 0 Å². The maximum atomic E-state index is 13.9. The molecule has 9 nitrogen and oxygen atoms in total. The number of carbonyl (C=O) groups is 2. The number of Topliss-reactive ketones (excluding diaryl/α,β-unsaturated/α-hetero) is 1. The standard InChI is InChI=1S/C27H20F4N6O3S2/c1-40-13-7-5-12(6-8-13)20-14(10-32)25(33)37(17-3-2-4-18(38)21(17)20)26-35-36-27(42-26)41-11-19(39)34-24-22(30)15(28)9-16(29)23(24)31/h5-9,20H,2-4,11,33H2,1H3,(H,34,39). The number of ketones is 1. The van der Waals surface area contributed by atoms with Gasteiger partial charge in [0.2, 0.25) is 11.0 Å². The number of allylic oxidation sites excluding steroid dienone is 3. The van der Waals surface area contributed by atoms with Gasteiger partial charge in [0.25, 0.3) is 0 Å². The average molecular weight is 617 g/mol. The number of halogens is 4. The van der Waals surface area contributed by atoms with Gasteiger partial charge in [-0.15, -0.1) is 10.2 Å². The van der Waals surface area contributed by atoms with E-state index in [0.29, 0.717) is 41.8 Å². The molecule has 3 aromatic rings. The van der Waals surface area contributed by atoms with E-state index < -0.39 is 46.5 Å². The fourth-order valence-corrected chi connectivity index (χ4v) is 6.45. The van der Waals surface area contributed by atoms with Gasteiger partial charge in [0.15, 0.2) is 33.4 Å². The molecule has 0 spiro atoms. The van der Waals surface area contributed by atoms with E-state index in [-0.39, 0.29) is 32.7 Å². The van der Waals surface area contributed by atoms with Crippen LogP contribution in [0, 0.1) is 34.6 Å². The summed E-state index contributed by atoms with van der Waals surface area (Å²) >= 11 is 1.86. The molecule has 216 valence electrons. The van der Waals surface area contributed by atoms with E-state index in [1.165, 1.54) is 12.0 Å². The third kappa shape index (κ3) is 5.30. The SMILES string of the molecule is COc1ccc(C2C(C#N)=C(N)N(c3nnc(SCC(=O)Nc4c(F)c(F)cc(F)c4F)s3)C3=C2C(=O)CCC3)cc1. The van der Waals surface area contributed by atoms with Gasteiger partial charge in [-0.05, 0) is 30.5 Å². The Hall–Kier alpha value is -4.42. The van der Waals surface area contributed by atoms with E-state index in [0.717, 1.165) is 23.1 Å². The molecule has 2 aliphatic rings. The molecule has 1 aliphatic heterocycles. The average Bonchev–Trinajstić information content (AvgIpc) is 3.45. The minimum atomic E-state index is -1.73. The Balaban J connectivity index is 1.41. The van der Waals surface area contributed by atoms with Gasteiger partial charge in [-0.2, -0.15) is 5.26 Å². The summed E-state index contributed by atoms with van der Waals surface area (Å²) < 4.78 is 60.2. The van der Waals surface area contributed by atoms with E-state index in [9.17, 15) is 32.4 Å². The van der Waals surface area contributed by atoms with Gasteiger partial charge in [0.1, 0.15) is 17.3 Å². The number of nitrogens with two attached hydrogens (primary N) is 1. The van der Waals surface area contributed by atoms with Crippen molar-refractivity contribution >= 4 is 45.6 Å². The van der Waals surface area contributed by atoms with Gasteiger partial charge in [-0.1, -0.05) is 35.2 Å². The first-order valence-corrected chi connectivity index (χ1v) is 14.1. The number of thioether (sulfide) groups is 1. The number of carbonyl (C=O) groups excluding carboxylic acids is 2. The number of aromatic nitrogens is 2. The zero-order valence-electron chi connectivity index (χ0n) is 21.7. The van der Waals surface area contributed by atoms with Crippen molar-refractivity contribution in [2.75, 3.05) is 23.1 Å². The van der Waals surface area contributed by atoms with E-state index >= 15 is 0 Å². The lowest BCUT2D eigenvalue weighted by atomic mass is 9.76. The Bertz CT molecular complexity index is 1670. The number of hydrogen-bond donors (Lipinski definition) is 2. The van der Waals surface area contributed by atoms with E-state index in [2.05, 4.69) is 16.3 Å². The number of hydrogen-bond acceptors (Lipinski definition) is 10. The molecule has 1 aliphatic carbocycles. The van der Waals surface area contributed by atoms with Crippen molar-refractivity contribution in [1.82, 2.24) is 10.2 Å². The number of methoxy groups -OCH3 is 1. The molecule has 2 heterocycles. The fourth-order valence-electron chi connectivity index (χ4n) is 4.77. The first-order valence-electron chi connectivity index (χ1n) is 12.3. The highest BCUT2D eigenvalue weighted by Gasteiger charge is 2.41. The predicted molar refractivity (Wildman–Crippen MR) is 146 cm³/mol. The summed E-state index contributed by atoms with van der Waals surface area (Å²) in [6.45, 7) is 0. The molecule has 42 heavy (non-hydrogen) atoms. The van der Waals surface area contributed by atoms with E-state index in [1.54, 1.807) is 24.3 Å². The summed E-state index contributed by atoms with van der Waals surface area (Å²) in [6, 6.07) is 9.21. The topological polar surface area (TPSA) is 134 Å². The summed E-state index contributed by atoms with van der Waals surface area (Å²) in [4.78, 5) is 27.1. The smallest absolute Gasteiger partial charge is 0.234 e. The number of amides is 1. The van der Waals surface area contributed by atoms with Crippen LogP contribution in [0.25, 0.3) is 0 Å². The van der Waals surface area contributed by atoms with Gasteiger partial charge in [-0.25, -0.2) is 17.6 Å². The summed E-state index contributed by atoms with van der Waals surface area (Å²) in [5.41, 5.74) is 7.17. The van der Waals surface area contributed by atoms with Crippen LogP contribution in [-0.4, -0.2) is 34.8 Å². The fraction of sp³-hybridized carbons (Fsp3) is 0.222. The van der Waals surface area contributed by atoms with Crippen LogP contribution in [-0.2, 0) is 9.59 Å². The molecule has 3 N–H and O–H groups in total. The molecule has 0 saturated heterocycles. The molecule has 0 saturated carbocycles. The van der Waals surface area contributed by atoms with Crippen molar-refractivity contribution in [3.8, 4) is 11.8 Å². The quantitative estimate of drug-likeness (QED) is 0.210. The molecule has 0 fully saturated rings. The minimum absolute atomic E-state index is 0.0379. The highest BCUT2D eigenvalue weighted by molar-refractivity contribution is 8.01. The zero-order valence-corrected chi connectivity index (χ0v) is 23.3. The highest BCUT2D eigenvalue weighted by atomic mass is 32.2. The zero-order chi connectivity index (χ0) is 30.1. The first kappa shape index (κ1) is 29.1. The first-order chi connectivity index (χ1) is 20.1.